The molecule has 0 unspecified atom stereocenters. The summed E-state index contributed by atoms with van der Waals surface area (Å²) >= 11 is 4.75. The summed E-state index contributed by atoms with van der Waals surface area (Å²) in [6.45, 7) is 2.54. The van der Waals surface area contributed by atoms with Crippen molar-refractivity contribution in [1.29, 1.82) is 0 Å². The van der Waals surface area contributed by atoms with Crippen molar-refractivity contribution in [1.82, 2.24) is 4.90 Å². The minimum atomic E-state index is -3.02. The van der Waals surface area contributed by atoms with Gasteiger partial charge in [-0.2, -0.15) is 0 Å². The normalized spacial score (nSPS) is 17.0. The van der Waals surface area contributed by atoms with Gasteiger partial charge in [0, 0.05) is 23.8 Å². The maximum Gasteiger partial charge on any atom is 0.265 e. The number of sulfone groups is 1. The van der Waals surface area contributed by atoms with Crippen LogP contribution in [0.25, 0.3) is 0 Å². The second kappa shape index (κ2) is 4.37. The smallest absolute Gasteiger partial charge is 0.265 e. The SMILES string of the molecule is Cc1csc(C(=O)N2CC(S(C)(=O)=O)C2)c1Br. The Morgan fingerprint density at radius 1 is 1.53 bits per heavy atom. The quantitative estimate of drug-likeness (QED) is 0.825. The number of nitrogens with zero attached hydrogens (tertiary/aromatic N) is 1. The topological polar surface area (TPSA) is 54.5 Å². The fourth-order valence-corrected chi connectivity index (χ4v) is 4.12. The Hall–Kier alpha value is -0.400. The third-order valence-corrected chi connectivity index (χ3v) is 6.71. The Balaban J connectivity index is 2.08. The second-order valence-electron chi connectivity index (χ2n) is 4.22. The van der Waals surface area contributed by atoms with Crippen LogP contribution in [0.15, 0.2) is 9.85 Å². The number of thiophene rings is 1. The summed E-state index contributed by atoms with van der Waals surface area (Å²) < 4.78 is 23.3. The van der Waals surface area contributed by atoms with Crippen LogP contribution in [0.4, 0.5) is 0 Å². The molecule has 0 aliphatic carbocycles. The molecule has 1 aliphatic rings. The number of likely N-dealkylation sites (tertiary alicyclic amines) is 1. The number of aryl methyl sites for hydroxylation is 1. The molecule has 1 aromatic heterocycles. The summed E-state index contributed by atoms with van der Waals surface area (Å²) in [6, 6.07) is 0. The van der Waals surface area contributed by atoms with E-state index in [0.29, 0.717) is 18.0 Å². The zero-order chi connectivity index (χ0) is 12.8. The first-order valence-corrected chi connectivity index (χ1v) is 8.65. The van der Waals surface area contributed by atoms with Crippen molar-refractivity contribution in [2.45, 2.75) is 12.2 Å². The monoisotopic (exact) mass is 337 g/mol. The van der Waals surface area contributed by atoms with Gasteiger partial charge in [-0.3, -0.25) is 4.79 Å². The highest BCUT2D eigenvalue weighted by Crippen LogP contribution is 2.30. The maximum atomic E-state index is 12.0. The summed E-state index contributed by atoms with van der Waals surface area (Å²) in [7, 11) is -3.02. The minimum absolute atomic E-state index is 0.0881. The Labute approximate surface area is 113 Å². The predicted molar refractivity (Wildman–Crippen MR) is 71.3 cm³/mol. The molecule has 0 aromatic carbocycles. The van der Waals surface area contributed by atoms with Crippen molar-refractivity contribution in [3.63, 3.8) is 0 Å². The molecule has 94 valence electrons. The average Bonchev–Trinajstić information content (AvgIpc) is 2.42. The number of rotatable bonds is 2. The Morgan fingerprint density at radius 2 is 2.12 bits per heavy atom. The van der Waals surface area contributed by atoms with Crippen LogP contribution in [0.5, 0.6) is 0 Å². The highest BCUT2D eigenvalue weighted by atomic mass is 79.9. The first kappa shape index (κ1) is 13.0. The molecular weight excluding hydrogens is 326 g/mol. The van der Waals surface area contributed by atoms with Crippen molar-refractivity contribution in [3.8, 4) is 0 Å². The van der Waals surface area contributed by atoms with Crippen LogP contribution in [0.2, 0.25) is 0 Å². The molecule has 0 radical (unpaired) electrons. The molecule has 1 saturated heterocycles. The zero-order valence-electron chi connectivity index (χ0n) is 9.44. The molecule has 7 heteroatoms. The summed E-state index contributed by atoms with van der Waals surface area (Å²) in [5.74, 6) is -0.0881. The summed E-state index contributed by atoms with van der Waals surface area (Å²) in [5.41, 5.74) is 1.03. The van der Waals surface area contributed by atoms with Crippen molar-refractivity contribution in [2.24, 2.45) is 0 Å². The number of hydrogen-bond donors (Lipinski definition) is 0. The van der Waals surface area contributed by atoms with Gasteiger partial charge in [-0.1, -0.05) is 0 Å². The minimum Gasteiger partial charge on any atom is -0.335 e. The summed E-state index contributed by atoms with van der Waals surface area (Å²) in [5, 5.41) is 1.51. The number of carbonyl (C=O) groups excluding carboxylic acids is 1. The third kappa shape index (κ3) is 2.41. The van der Waals surface area contributed by atoms with Crippen LogP contribution in [0.1, 0.15) is 15.2 Å². The van der Waals surface area contributed by atoms with Crippen LogP contribution >= 0.6 is 27.3 Å². The lowest BCUT2D eigenvalue weighted by atomic mass is 10.2. The van der Waals surface area contributed by atoms with Crippen molar-refractivity contribution >= 4 is 43.0 Å². The van der Waals surface area contributed by atoms with Gasteiger partial charge in [0.15, 0.2) is 9.84 Å². The number of halogens is 1. The van der Waals surface area contributed by atoms with Crippen molar-refractivity contribution in [2.75, 3.05) is 19.3 Å². The van der Waals surface area contributed by atoms with Gasteiger partial charge in [0.2, 0.25) is 0 Å². The molecule has 17 heavy (non-hydrogen) atoms. The van der Waals surface area contributed by atoms with Gasteiger partial charge in [0.05, 0.1) is 5.25 Å². The van der Waals surface area contributed by atoms with E-state index in [1.54, 1.807) is 4.90 Å². The standard InChI is InChI=1S/C10H12BrNO3S2/c1-6-5-16-9(8(6)11)10(13)12-3-7(4-12)17(2,14)15/h5,7H,3-4H2,1-2H3. The highest BCUT2D eigenvalue weighted by molar-refractivity contribution is 9.10. The first-order chi connectivity index (χ1) is 7.80. The fourth-order valence-electron chi connectivity index (χ4n) is 1.59. The van der Waals surface area contributed by atoms with Gasteiger partial charge in [-0.05, 0) is 33.8 Å². The highest BCUT2D eigenvalue weighted by Gasteiger charge is 2.38. The Kier molecular flexibility index (Phi) is 3.35. The van der Waals surface area contributed by atoms with Crippen LogP contribution in [0, 0.1) is 6.92 Å². The number of amides is 1. The van der Waals surface area contributed by atoms with E-state index in [0.717, 1.165) is 10.0 Å². The molecular formula is C10H12BrNO3S2. The van der Waals surface area contributed by atoms with Crippen LogP contribution in [0.3, 0.4) is 0 Å². The van der Waals surface area contributed by atoms with Crippen LogP contribution in [-0.4, -0.2) is 43.8 Å². The zero-order valence-corrected chi connectivity index (χ0v) is 12.7. The molecule has 1 aliphatic heterocycles. The molecule has 4 nitrogen and oxygen atoms in total. The van der Waals surface area contributed by atoms with Crippen LogP contribution in [-0.2, 0) is 9.84 Å². The molecule has 0 spiro atoms. The van der Waals surface area contributed by atoms with Gasteiger partial charge < -0.3 is 4.90 Å². The van der Waals surface area contributed by atoms with Gasteiger partial charge in [0.1, 0.15) is 4.88 Å². The third-order valence-electron chi connectivity index (χ3n) is 2.83. The predicted octanol–water partition coefficient (Wildman–Crippen LogP) is 1.69. The Bertz CT molecular complexity index is 558. The van der Waals surface area contributed by atoms with E-state index in [1.807, 2.05) is 12.3 Å². The molecule has 2 heterocycles. The maximum absolute atomic E-state index is 12.0. The molecule has 0 saturated carbocycles. The second-order valence-corrected chi connectivity index (χ2v) is 8.22. The number of hydrogen-bond acceptors (Lipinski definition) is 4. The molecule has 1 amide bonds. The fraction of sp³-hybridized carbons (Fsp3) is 0.500. The largest absolute Gasteiger partial charge is 0.335 e. The van der Waals surface area contributed by atoms with E-state index in [1.165, 1.54) is 17.6 Å². The summed E-state index contributed by atoms with van der Waals surface area (Å²) in [4.78, 5) is 14.3. The molecule has 2 rings (SSSR count). The first-order valence-electron chi connectivity index (χ1n) is 5.02. The van der Waals surface area contributed by atoms with E-state index in [2.05, 4.69) is 15.9 Å². The molecule has 0 bridgehead atoms. The molecule has 0 atom stereocenters. The van der Waals surface area contributed by atoms with Gasteiger partial charge in [-0.25, -0.2) is 8.42 Å². The van der Waals surface area contributed by atoms with Crippen molar-refractivity contribution in [3.05, 3.63) is 20.3 Å². The lowest BCUT2D eigenvalue weighted by Gasteiger charge is -2.37. The van der Waals surface area contributed by atoms with Crippen LogP contribution < -0.4 is 0 Å². The Morgan fingerprint density at radius 3 is 2.53 bits per heavy atom. The van der Waals surface area contributed by atoms with E-state index in [9.17, 15) is 13.2 Å². The van der Waals surface area contributed by atoms with E-state index in [-0.39, 0.29) is 5.91 Å². The van der Waals surface area contributed by atoms with E-state index in [4.69, 9.17) is 0 Å². The molecule has 1 aromatic rings. The molecule has 0 N–H and O–H groups in total. The molecule has 1 fully saturated rings. The number of carbonyl (C=O) groups is 1. The lowest BCUT2D eigenvalue weighted by Crippen LogP contribution is -2.56. The van der Waals surface area contributed by atoms with Gasteiger partial charge >= 0.3 is 0 Å². The van der Waals surface area contributed by atoms with E-state index >= 15 is 0 Å². The average molecular weight is 338 g/mol. The van der Waals surface area contributed by atoms with Gasteiger partial charge in [0.25, 0.3) is 5.91 Å². The van der Waals surface area contributed by atoms with Gasteiger partial charge in [-0.15, -0.1) is 11.3 Å². The lowest BCUT2D eigenvalue weighted by molar-refractivity contribution is 0.0663. The van der Waals surface area contributed by atoms with Crippen molar-refractivity contribution < 1.29 is 13.2 Å². The summed E-state index contributed by atoms with van der Waals surface area (Å²) in [6.07, 6.45) is 1.21. The van der Waals surface area contributed by atoms with E-state index < -0.39 is 15.1 Å².